The molecule has 0 atom stereocenters. The Labute approximate surface area is 168 Å². The summed E-state index contributed by atoms with van der Waals surface area (Å²) in [6, 6.07) is 11.7. The molecule has 4 rings (SSSR count). The number of hydrogen-bond donors (Lipinski definition) is 1. The summed E-state index contributed by atoms with van der Waals surface area (Å²) in [5, 5.41) is 2.81. The number of nitrogens with zero attached hydrogens (tertiary/aromatic N) is 3. The molecule has 1 amide bonds. The molecule has 0 radical (unpaired) electrons. The summed E-state index contributed by atoms with van der Waals surface area (Å²) in [6.07, 6.45) is 3.13. The molecule has 0 saturated carbocycles. The molecule has 7 nitrogen and oxygen atoms in total. The molecule has 7 heteroatoms. The van der Waals surface area contributed by atoms with Crippen LogP contribution in [0, 0.1) is 6.92 Å². The van der Waals surface area contributed by atoms with Crippen molar-refractivity contribution in [2.45, 2.75) is 20.0 Å². The molecule has 3 heterocycles. The summed E-state index contributed by atoms with van der Waals surface area (Å²) >= 11 is 0. The van der Waals surface area contributed by atoms with E-state index < -0.39 is 5.91 Å². The minimum atomic E-state index is -0.420. The normalized spacial score (nSPS) is 14.8. The van der Waals surface area contributed by atoms with Gasteiger partial charge in [0.15, 0.2) is 0 Å². The lowest BCUT2D eigenvalue weighted by Gasteiger charge is -2.26. The number of aryl methyl sites for hydroxylation is 1. The van der Waals surface area contributed by atoms with E-state index >= 15 is 0 Å². The molecule has 1 saturated heterocycles. The second-order valence-electron chi connectivity index (χ2n) is 7.30. The second-order valence-corrected chi connectivity index (χ2v) is 7.30. The van der Waals surface area contributed by atoms with E-state index in [9.17, 15) is 9.59 Å². The molecule has 1 aliphatic rings. The van der Waals surface area contributed by atoms with Gasteiger partial charge in [0.25, 0.3) is 11.5 Å². The van der Waals surface area contributed by atoms with Gasteiger partial charge in [0.2, 0.25) is 0 Å². The maximum atomic E-state index is 12.9. The number of morpholine rings is 1. The summed E-state index contributed by atoms with van der Waals surface area (Å²) in [5.74, 6) is -0.420. The van der Waals surface area contributed by atoms with Crippen molar-refractivity contribution in [2.24, 2.45) is 0 Å². The molecule has 150 valence electrons. The number of amides is 1. The largest absolute Gasteiger partial charge is 0.379 e. The van der Waals surface area contributed by atoms with Crippen molar-refractivity contribution in [3.63, 3.8) is 0 Å². The fraction of sp³-hybridized carbons (Fsp3) is 0.318. The quantitative estimate of drug-likeness (QED) is 0.716. The van der Waals surface area contributed by atoms with E-state index in [4.69, 9.17) is 4.74 Å². The average Bonchev–Trinajstić information content (AvgIpc) is 2.74. The number of ether oxygens (including phenoxy) is 1. The zero-order chi connectivity index (χ0) is 20.2. The summed E-state index contributed by atoms with van der Waals surface area (Å²) in [5.41, 5.74) is 3.34. The van der Waals surface area contributed by atoms with E-state index in [0.29, 0.717) is 12.2 Å². The molecular weight excluding hydrogens is 368 g/mol. The van der Waals surface area contributed by atoms with Crippen LogP contribution in [-0.2, 0) is 17.8 Å². The van der Waals surface area contributed by atoms with E-state index in [1.807, 2.05) is 43.3 Å². The number of carbonyl (C=O) groups is 1. The number of rotatable bonds is 5. The number of fused-ring (bicyclic) bond motifs is 1. The van der Waals surface area contributed by atoms with Crippen LogP contribution in [0.3, 0.4) is 0 Å². The molecule has 29 heavy (non-hydrogen) atoms. The Morgan fingerprint density at radius 1 is 1.10 bits per heavy atom. The lowest BCUT2D eigenvalue weighted by atomic mass is 10.1. The number of carbonyl (C=O) groups excluding carboxylic acids is 1. The van der Waals surface area contributed by atoms with E-state index in [1.54, 1.807) is 6.20 Å². The van der Waals surface area contributed by atoms with Crippen molar-refractivity contribution in [3.05, 3.63) is 81.4 Å². The Bertz CT molecular complexity index is 1070. The zero-order valence-corrected chi connectivity index (χ0v) is 16.4. The summed E-state index contributed by atoms with van der Waals surface area (Å²) in [6.45, 7) is 6.28. The highest BCUT2D eigenvalue weighted by molar-refractivity contribution is 5.93. The van der Waals surface area contributed by atoms with E-state index in [2.05, 4.69) is 15.2 Å². The first-order chi connectivity index (χ1) is 14.1. The van der Waals surface area contributed by atoms with Crippen molar-refractivity contribution >= 4 is 11.6 Å². The predicted octanol–water partition coefficient (Wildman–Crippen LogP) is 1.77. The molecule has 1 N–H and O–H groups in total. The Kier molecular flexibility index (Phi) is 5.69. The number of pyridine rings is 1. The van der Waals surface area contributed by atoms with Gasteiger partial charge in [-0.3, -0.25) is 18.9 Å². The first-order valence-electron chi connectivity index (χ1n) is 9.74. The Morgan fingerprint density at radius 2 is 1.83 bits per heavy atom. The standard InChI is InChI=1S/C22H24N4O3/c1-16-2-4-17(5-3-16)12-24-21(27)19-13-23-20-7-6-18(15-26(20)22(19)28)14-25-8-10-29-11-9-25/h2-7,13,15H,8-12,14H2,1H3,(H,24,27). The predicted molar refractivity (Wildman–Crippen MR) is 110 cm³/mol. The van der Waals surface area contributed by atoms with Gasteiger partial charge in [-0.1, -0.05) is 35.9 Å². The van der Waals surface area contributed by atoms with E-state index in [1.165, 1.54) is 10.6 Å². The van der Waals surface area contributed by atoms with Crippen molar-refractivity contribution in [1.82, 2.24) is 19.6 Å². The van der Waals surface area contributed by atoms with Crippen molar-refractivity contribution in [3.8, 4) is 0 Å². The highest BCUT2D eigenvalue weighted by Gasteiger charge is 2.15. The van der Waals surface area contributed by atoms with Gasteiger partial charge < -0.3 is 10.1 Å². The molecule has 0 bridgehead atoms. The van der Waals surface area contributed by atoms with E-state index in [0.717, 1.165) is 49.5 Å². The molecule has 2 aromatic heterocycles. The topological polar surface area (TPSA) is 75.9 Å². The van der Waals surface area contributed by atoms with Gasteiger partial charge in [-0.2, -0.15) is 0 Å². The molecule has 1 aromatic carbocycles. The number of hydrogen-bond acceptors (Lipinski definition) is 5. The van der Waals surface area contributed by atoms with Crippen LogP contribution >= 0.6 is 0 Å². The van der Waals surface area contributed by atoms with Gasteiger partial charge in [0.1, 0.15) is 11.2 Å². The lowest BCUT2D eigenvalue weighted by molar-refractivity contribution is 0.0341. The second kappa shape index (κ2) is 8.55. The maximum absolute atomic E-state index is 12.9. The summed E-state index contributed by atoms with van der Waals surface area (Å²) < 4.78 is 6.83. The minimum absolute atomic E-state index is 0.0399. The Morgan fingerprint density at radius 3 is 2.59 bits per heavy atom. The summed E-state index contributed by atoms with van der Waals surface area (Å²) in [4.78, 5) is 32.0. The van der Waals surface area contributed by atoms with Crippen LogP contribution < -0.4 is 10.9 Å². The van der Waals surface area contributed by atoms with Crippen molar-refractivity contribution < 1.29 is 9.53 Å². The third-order valence-corrected chi connectivity index (χ3v) is 5.09. The van der Waals surface area contributed by atoms with Crippen LogP contribution in [0.25, 0.3) is 5.65 Å². The van der Waals surface area contributed by atoms with Crippen molar-refractivity contribution in [1.29, 1.82) is 0 Å². The van der Waals surface area contributed by atoms with Gasteiger partial charge in [-0.15, -0.1) is 0 Å². The van der Waals surface area contributed by atoms with Crippen LogP contribution in [0.2, 0.25) is 0 Å². The fourth-order valence-corrected chi connectivity index (χ4v) is 3.37. The molecule has 0 unspecified atom stereocenters. The van der Waals surface area contributed by atoms with Crippen LogP contribution in [0.5, 0.6) is 0 Å². The van der Waals surface area contributed by atoms with Crippen LogP contribution in [0.15, 0.2) is 53.6 Å². The molecular formula is C22H24N4O3. The first-order valence-corrected chi connectivity index (χ1v) is 9.74. The van der Waals surface area contributed by atoms with Gasteiger partial charge in [0.05, 0.1) is 13.2 Å². The maximum Gasteiger partial charge on any atom is 0.270 e. The highest BCUT2D eigenvalue weighted by Crippen LogP contribution is 2.09. The molecule has 1 fully saturated rings. The number of benzene rings is 1. The van der Waals surface area contributed by atoms with Gasteiger partial charge in [-0.25, -0.2) is 4.98 Å². The number of nitrogens with one attached hydrogen (secondary N) is 1. The van der Waals surface area contributed by atoms with E-state index in [-0.39, 0.29) is 11.1 Å². The molecule has 0 spiro atoms. The average molecular weight is 392 g/mol. The van der Waals surface area contributed by atoms with Crippen LogP contribution in [0.4, 0.5) is 0 Å². The van der Waals surface area contributed by atoms with Gasteiger partial charge in [0, 0.05) is 38.6 Å². The molecule has 1 aliphatic heterocycles. The lowest BCUT2D eigenvalue weighted by Crippen LogP contribution is -2.36. The third kappa shape index (κ3) is 4.52. The Hall–Kier alpha value is -3.03. The van der Waals surface area contributed by atoms with Crippen LogP contribution in [0.1, 0.15) is 27.0 Å². The van der Waals surface area contributed by atoms with Gasteiger partial charge >= 0.3 is 0 Å². The number of aromatic nitrogens is 2. The van der Waals surface area contributed by atoms with Gasteiger partial charge in [-0.05, 0) is 24.1 Å². The molecule has 0 aliphatic carbocycles. The minimum Gasteiger partial charge on any atom is -0.379 e. The smallest absolute Gasteiger partial charge is 0.270 e. The fourth-order valence-electron chi connectivity index (χ4n) is 3.37. The zero-order valence-electron chi connectivity index (χ0n) is 16.4. The molecule has 3 aromatic rings. The monoisotopic (exact) mass is 392 g/mol. The van der Waals surface area contributed by atoms with Crippen LogP contribution in [-0.4, -0.2) is 46.5 Å². The highest BCUT2D eigenvalue weighted by atomic mass is 16.5. The first kappa shape index (κ1) is 19.3. The summed E-state index contributed by atoms with van der Waals surface area (Å²) in [7, 11) is 0. The third-order valence-electron chi connectivity index (χ3n) is 5.09. The SMILES string of the molecule is Cc1ccc(CNC(=O)c2cnc3ccc(CN4CCOCC4)cn3c2=O)cc1. The Balaban J connectivity index is 1.52. The van der Waals surface area contributed by atoms with Crippen molar-refractivity contribution in [2.75, 3.05) is 26.3 Å².